The highest BCUT2D eigenvalue weighted by Crippen LogP contribution is 2.36. The number of pyridine rings is 1. The smallest absolute Gasteiger partial charge is 0.262 e. The Morgan fingerprint density at radius 3 is 2.82 bits per heavy atom. The highest BCUT2D eigenvalue weighted by molar-refractivity contribution is 5.77. The Kier molecular flexibility index (Phi) is 4.06. The van der Waals surface area contributed by atoms with Crippen LogP contribution in [0, 0.1) is 13.8 Å². The molecule has 0 radical (unpaired) electrons. The van der Waals surface area contributed by atoms with Crippen LogP contribution >= 0.6 is 0 Å². The van der Waals surface area contributed by atoms with Crippen LogP contribution in [0.4, 0.5) is 0 Å². The average molecular weight is 372 g/mol. The summed E-state index contributed by atoms with van der Waals surface area (Å²) in [6.07, 6.45) is 2.87. The summed E-state index contributed by atoms with van der Waals surface area (Å²) in [5, 5.41) is 7.67. The summed E-state index contributed by atoms with van der Waals surface area (Å²) in [6.45, 7) is 5.67. The van der Waals surface area contributed by atoms with Crippen molar-refractivity contribution in [3.05, 3.63) is 65.2 Å². The number of fused-ring (bicyclic) bond motifs is 1. The van der Waals surface area contributed by atoms with E-state index in [1.807, 2.05) is 56.4 Å². The lowest BCUT2D eigenvalue weighted by molar-refractivity contribution is 0.431. The molecule has 0 atom stereocenters. The lowest BCUT2D eigenvalue weighted by Crippen LogP contribution is -2.24. The van der Waals surface area contributed by atoms with Crippen molar-refractivity contribution in [3.8, 4) is 34.2 Å². The van der Waals surface area contributed by atoms with Crippen molar-refractivity contribution in [3.63, 3.8) is 0 Å². The van der Waals surface area contributed by atoms with Crippen LogP contribution in [0.5, 0.6) is 0 Å². The van der Waals surface area contributed by atoms with Crippen LogP contribution in [0.2, 0.25) is 0 Å². The molecule has 1 aromatic carbocycles. The number of hydrogen-bond acceptors (Lipinski definition) is 6. The zero-order valence-corrected chi connectivity index (χ0v) is 15.8. The summed E-state index contributed by atoms with van der Waals surface area (Å²) < 4.78 is 11.6. The second-order valence-electron chi connectivity index (χ2n) is 7.04. The Labute approximate surface area is 162 Å². The Morgan fingerprint density at radius 2 is 1.96 bits per heavy atom. The van der Waals surface area contributed by atoms with Crippen LogP contribution in [0.25, 0.3) is 34.2 Å². The summed E-state index contributed by atoms with van der Waals surface area (Å²) in [4.78, 5) is 9.26. The van der Waals surface area contributed by atoms with Gasteiger partial charge < -0.3 is 14.3 Å². The van der Waals surface area contributed by atoms with Crippen molar-refractivity contribution < 1.29 is 8.94 Å². The Balaban J connectivity index is 1.61. The van der Waals surface area contributed by atoms with Gasteiger partial charge in [-0.25, -0.2) is 0 Å². The van der Waals surface area contributed by atoms with Gasteiger partial charge in [0.25, 0.3) is 5.89 Å². The zero-order chi connectivity index (χ0) is 19.1. The van der Waals surface area contributed by atoms with Gasteiger partial charge in [-0.3, -0.25) is 4.98 Å². The van der Waals surface area contributed by atoms with E-state index in [1.54, 1.807) is 0 Å². The minimum Gasteiger partial charge on any atom is -0.461 e. The molecule has 0 unspecified atom stereocenters. The topological polar surface area (TPSA) is 77.0 Å². The van der Waals surface area contributed by atoms with E-state index in [4.69, 9.17) is 13.9 Å². The Bertz CT molecular complexity index is 1140. The number of aryl methyl sites for hydroxylation is 2. The van der Waals surface area contributed by atoms with Gasteiger partial charge in [-0.15, -0.1) is 0 Å². The monoisotopic (exact) mass is 372 g/mol. The molecule has 0 saturated carbocycles. The number of nitrogens with one attached hydrogen (secondary N) is 1. The highest BCUT2D eigenvalue weighted by atomic mass is 16.5. The summed E-state index contributed by atoms with van der Waals surface area (Å²) in [5.41, 5.74) is 6.13. The first-order valence-corrected chi connectivity index (χ1v) is 9.39. The fraction of sp³-hybridized carbons (Fsp3) is 0.227. The lowest BCUT2D eigenvalue weighted by Gasteiger charge is -2.19. The third kappa shape index (κ3) is 2.82. The first-order valence-electron chi connectivity index (χ1n) is 9.39. The maximum absolute atomic E-state index is 5.94. The van der Waals surface area contributed by atoms with E-state index < -0.39 is 0 Å². The van der Waals surface area contributed by atoms with Crippen LogP contribution in [0.3, 0.4) is 0 Å². The summed E-state index contributed by atoms with van der Waals surface area (Å²) in [6, 6.07) is 11.9. The summed E-state index contributed by atoms with van der Waals surface area (Å²) in [5.74, 6) is 2.57. The molecule has 3 aromatic heterocycles. The van der Waals surface area contributed by atoms with Crippen molar-refractivity contribution in [1.82, 2.24) is 20.4 Å². The molecule has 0 saturated heterocycles. The van der Waals surface area contributed by atoms with Gasteiger partial charge in [-0.2, -0.15) is 4.98 Å². The van der Waals surface area contributed by atoms with Gasteiger partial charge in [0.2, 0.25) is 5.82 Å². The summed E-state index contributed by atoms with van der Waals surface area (Å²) >= 11 is 0. The standard InChI is InChI=1S/C22H20N4O2/c1-13-10-18(20(27-13)15-6-4-3-5-7-15)22-25-21(26-28-22)19-14(2)24-12-16-11-23-9-8-17(16)19/h3-7,10,12,23H,8-9,11H2,1-2H3. The maximum Gasteiger partial charge on any atom is 0.262 e. The number of rotatable bonds is 3. The maximum atomic E-state index is 5.94. The van der Waals surface area contributed by atoms with Crippen molar-refractivity contribution in [2.45, 2.75) is 26.8 Å². The predicted molar refractivity (Wildman–Crippen MR) is 106 cm³/mol. The average Bonchev–Trinajstić information content (AvgIpc) is 3.35. The van der Waals surface area contributed by atoms with Crippen LogP contribution in [0.1, 0.15) is 22.6 Å². The third-order valence-electron chi connectivity index (χ3n) is 5.10. The fourth-order valence-electron chi connectivity index (χ4n) is 3.78. The molecule has 6 heteroatoms. The molecule has 0 spiro atoms. The fourth-order valence-corrected chi connectivity index (χ4v) is 3.78. The van der Waals surface area contributed by atoms with Gasteiger partial charge >= 0.3 is 0 Å². The highest BCUT2D eigenvalue weighted by Gasteiger charge is 2.23. The lowest BCUT2D eigenvalue weighted by atomic mass is 9.95. The Morgan fingerprint density at radius 1 is 1.11 bits per heavy atom. The van der Waals surface area contributed by atoms with E-state index in [-0.39, 0.29) is 0 Å². The van der Waals surface area contributed by atoms with Crippen molar-refractivity contribution >= 4 is 0 Å². The van der Waals surface area contributed by atoms with Gasteiger partial charge in [0, 0.05) is 29.6 Å². The van der Waals surface area contributed by atoms with Crippen molar-refractivity contribution in [2.24, 2.45) is 0 Å². The third-order valence-corrected chi connectivity index (χ3v) is 5.10. The summed E-state index contributed by atoms with van der Waals surface area (Å²) in [7, 11) is 0. The molecule has 4 heterocycles. The first-order chi connectivity index (χ1) is 13.7. The molecule has 1 aliphatic heterocycles. The van der Waals surface area contributed by atoms with Gasteiger partial charge in [-0.1, -0.05) is 35.5 Å². The molecule has 28 heavy (non-hydrogen) atoms. The van der Waals surface area contributed by atoms with Crippen LogP contribution in [0.15, 0.2) is 51.5 Å². The molecular weight excluding hydrogens is 352 g/mol. The molecule has 4 aromatic rings. The zero-order valence-electron chi connectivity index (χ0n) is 15.8. The molecule has 1 N–H and O–H groups in total. The van der Waals surface area contributed by atoms with E-state index in [9.17, 15) is 0 Å². The van der Waals surface area contributed by atoms with Gasteiger partial charge in [0.05, 0.1) is 5.56 Å². The van der Waals surface area contributed by atoms with E-state index in [0.29, 0.717) is 11.7 Å². The van der Waals surface area contributed by atoms with E-state index in [2.05, 4.69) is 15.5 Å². The van der Waals surface area contributed by atoms with Gasteiger partial charge in [0.1, 0.15) is 11.5 Å². The second-order valence-corrected chi connectivity index (χ2v) is 7.04. The molecule has 0 aliphatic carbocycles. The van der Waals surface area contributed by atoms with Crippen LogP contribution < -0.4 is 5.32 Å². The van der Waals surface area contributed by atoms with E-state index in [1.165, 1.54) is 11.1 Å². The second kappa shape index (κ2) is 6.73. The number of nitrogens with zero attached hydrogens (tertiary/aromatic N) is 3. The number of hydrogen-bond donors (Lipinski definition) is 1. The van der Waals surface area contributed by atoms with Crippen LogP contribution in [-0.2, 0) is 13.0 Å². The Hall–Kier alpha value is -3.25. The SMILES string of the molecule is Cc1cc(-c2nc(-c3c(C)ncc4c3CCNC4)no2)c(-c2ccccc2)o1. The minimum atomic E-state index is 0.455. The molecule has 6 nitrogen and oxygen atoms in total. The number of aromatic nitrogens is 3. The number of benzene rings is 1. The molecule has 1 aliphatic rings. The van der Waals surface area contributed by atoms with E-state index >= 15 is 0 Å². The van der Waals surface area contributed by atoms with Gasteiger partial charge in [-0.05, 0) is 44.0 Å². The molecule has 140 valence electrons. The van der Waals surface area contributed by atoms with Gasteiger partial charge in [0.15, 0.2) is 0 Å². The molecule has 0 bridgehead atoms. The van der Waals surface area contributed by atoms with Crippen molar-refractivity contribution in [2.75, 3.05) is 6.54 Å². The predicted octanol–water partition coefficient (Wildman–Crippen LogP) is 4.32. The number of furan rings is 1. The van der Waals surface area contributed by atoms with E-state index in [0.717, 1.165) is 53.4 Å². The molecule has 5 rings (SSSR count). The first kappa shape index (κ1) is 16.9. The molecule has 0 amide bonds. The quantitative estimate of drug-likeness (QED) is 0.577. The molecular formula is C22H20N4O2. The normalized spacial score (nSPS) is 13.5. The minimum absolute atomic E-state index is 0.455. The largest absolute Gasteiger partial charge is 0.461 e. The van der Waals surface area contributed by atoms with Crippen LogP contribution in [-0.4, -0.2) is 21.7 Å². The van der Waals surface area contributed by atoms with Crippen molar-refractivity contribution in [1.29, 1.82) is 0 Å². The molecule has 0 fully saturated rings.